The molecule has 0 fully saturated rings. The fourth-order valence-corrected chi connectivity index (χ4v) is 2.23. The Balaban J connectivity index is 1.64. The number of hydrogen-bond acceptors (Lipinski definition) is 5. The zero-order chi connectivity index (χ0) is 20.2. The van der Waals surface area contributed by atoms with Gasteiger partial charge in [-0.25, -0.2) is 9.78 Å². The van der Waals surface area contributed by atoms with Gasteiger partial charge in [-0.15, -0.1) is 0 Å². The molecule has 0 atom stereocenters. The fraction of sp³-hybridized carbons (Fsp3) is 0.368. The van der Waals surface area contributed by atoms with Crippen molar-refractivity contribution in [1.29, 1.82) is 0 Å². The molecule has 0 aliphatic rings. The van der Waals surface area contributed by atoms with Gasteiger partial charge >= 0.3 is 12.6 Å². The van der Waals surface area contributed by atoms with E-state index in [1.165, 1.54) is 12.1 Å². The summed E-state index contributed by atoms with van der Waals surface area (Å²) in [6.45, 7) is -1.20. The highest BCUT2D eigenvalue weighted by molar-refractivity contribution is 5.73. The number of carbonyl (C=O) groups excluding carboxylic acids is 1. The Morgan fingerprint density at radius 2 is 1.82 bits per heavy atom. The van der Waals surface area contributed by atoms with Crippen molar-refractivity contribution in [2.24, 2.45) is 0 Å². The summed E-state index contributed by atoms with van der Waals surface area (Å²) in [5.74, 6) is 0.600. The van der Waals surface area contributed by atoms with Gasteiger partial charge in [-0.1, -0.05) is 18.2 Å². The quantitative estimate of drug-likeness (QED) is 0.572. The van der Waals surface area contributed by atoms with E-state index in [1.54, 1.807) is 31.5 Å². The predicted molar refractivity (Wildman–Crippen MR) is 98.6 cm³/mol. The molecule has 0 saturated carbocycles. The van der Waals surface area contributed by atoms with Crippen molar-refractivity contribution in [2.45, 2.75) is 19.6 Å². The van der Waals surface area contributed by atoms with Gasteiger partial charge in [-0.05, 0) is 29.7 Å². The third kappa shape index (κ3) is 8.17. The zero-order valence-electron chi connectivity index (χ0n) is 15.5. The van der Waals surface area contributed by atoms with Gasteiger partial charge in [0.15, 0.2) is 0 Å². The number of nitrogens with zero attached hydrogens (tertiary/aromatic N) is 1. The van der Waals surface area contributed by atoms with Crippen molar-refractivity contribution >= 4 is 6.03 Å². The number of aromatic nitrogens is 1. The van der Waals surface area contributed by atoms with Crippen LogP contribution in [0.5, 0.6) is 11.6 Å². The first-order valence-electron chi connectivity index (χ1n) is 8.69. The van der Waals surface area contributed by atoms with E-state index in [9.17, 15) is 13.6 Å². The fourth-order valence-electron chi connectivity index (χ4n) is 2.23. The van der Waals surface area contributed by atoms with Crippen LogP contribution in [-0.4, -0.2) is 44.5 Å². The van der Waals surface area contributed by atoms with E-state index in [4.69, 9.17) is 9.47 Å². The van der Waals surface area contributed by atoms with Crippen molar-refractivity contribution in [3.8, 4) is 11.6 Å². The average molecular weight is 395 g/mol. The molecule has 2 amide bonds. The van der Waals surface area contributed by atoms with Crippen LogP contribution in [0.3, 0.4) is 0 Å². The largest absolute Gasteiger partial charge is 0.475 e. The number of nitrogens with one attached hydrogen (secondary N) is 2. The number of benzene rings is 1. The molecule has 0 saturated heterocycles. The van der Waals surface area contributed by atoms with Crippen molar-refractivity contribution < 1.29 is 27.8 Å². The van der Waals surface area contributed by atoms with Crippen LogP contribution in [0.1, 0.15) is 11.1 Å². The summed E-state index contributed by atoms with van der Waals surface area (Å²) in [5.41, 5.74) is 1.74. The molecule has 152 valence electrons. The molecular formula is C19H23F2N3O4. The number of methoxy groups -OCH3 is 1. The number of carbonyl (C=O) groups is 1. The molecule has 0 spiro atoms. The van der Waals surface area contributed by atoms with Crippen LogP contribution in [-0.2, 0) is 17.7 Å². The predicted octanol–water partition coefficient (Wildman–Crippen LogP) is 2.75. The number of amides is 2. The Labute approximate surface area is 162 Å². The summed E-state index contributed by atoms with van der Waals surface area (Å²) in [6.07, 6.45) is 2.20. The van der Waals surface area contributed by atoms with Crippen LogP contribution in [0.2, 0.25) is 0 Å². The lowest BCUT2D eigenvalue weighted by Crippen LogP contribution is -2.36. The third-order valence-electron chi connectivity index (χ3n) is 3.64. The highest BCUT2D eigenvalue weighted by atomic mass is 19.3. The molecule has 0 aliphatic heterocycles. The second-order valence-electron chi connectivity index (χ2n) is 5.73. The van der Waals surface area contributed by atoms with E-state index in [1.807, 2.05) is 6.07 Å². The highest BCUT2D eigenvalue weighted by Gasteiger charge is 2.05. The molecule has 1 heterocycles. The topological polar surface area (TPSA) is 81.7 Å². The number of urea groups is 1. The molecule has 0 radical (unpaired) electrons. The highest BCUT2D eigenvalue weighted by Crippen LogP contribution is 2.15. The van der Waals surface area contributed by atoms with Gasteiger partial charge in [-0.2, -0.15) is 8.78 Å². The molecular weight excluding hydrogens is 372 g/mol. The van der Waals surface area contributed by atoms with E-state index < -0.39 is 6.61 Å². The minimum absolute atomic E-state index is 0.105. The number of halogens is 2. The van der Waals surface area contributed by atoms with Crippen LogP contribution >= 0.6 is 0 Å². The molecule has 0 bridgehead atoms. The Morgan fingerprint density at radius 3 is 2.46 bits per heavy atom. The van der Waals surface area contributed by atoms with Gasteiger partial charge in [-0.3, -0.25) is 0 Å². The number of hydrogen-bond donors (Lipinski definition) is 2. The zero-order valence-corrected chi connectivity index (χ0v) is 15.5. The molecule has 1 aromatic carbocycles. The average Bonchev–Trinajstić information content (AvgIpc) is 2.68. The van der Waals surface area contributed by atoms with Gasteiger partial charge in [0.05, 0.1) is 6.61 Å². The van der Waals surface area contributed by atoms with Crippen LogP contribution < -0.4 is 20.1 Å². The maximum Gasteiger partial charge on any atom is 0.387 e. The summed E-state index contributed by atoms with van der Waals surface area (Å²) < 4.78 is 38.7. The van der Waals surface area contributed by atoms with E-state index in [0.717, 1.165) is 11.1 Å². The van der Waals surface area contributed by atoms with E-state index >= 15 is 0 Å². The number of rotatable bonds is 11. The van der Waals surface area contributed by atoms with Crippen molar-refractivity contribution in [1.82, 2.24) is 15.6 Å². The van der Waals surface area contributed by atoms with Gasteiger partial charge in [0.2, 0.25) is 5.88 Å². The first-order chi connectivity index (χ1) is 13.6. The van der Waals surface area contributed by atoms with Gasteiger partial charge < -0.3 is 24.8 Å². The second-order valence-corrected chi connectivity index (χ2v) is 5.73. The maximum absolute atomic E-state index is 12.1. The van der Waals surface area contributed by atoms with Crippen LogP contribution in [0.15, 0.2) is 42.6 Å². The standard InChI is InChI=1S/C19H23F2N3O4/c1-26-10-11-27-17-7-4-15(12-23-17)13-24-19(25)22-9-8-14-2-5-16(6-3-14)28-18(20)21/h2-7,12,18H,8-11,13H2,1H3,(H2,22,24,25). The van der Waals surface area contributed by atoms with Gasteiger partial charge in [0.1, 0.15) is 12.4 Å². The van der Waals surface area contributed by atoms with Crippen LogP contribution in [0.25, 0.3) is 0 Å². The molecule has 0 unspecified atom stereocenters. The molecule has 0 aliphatic carbocycles. The van der Waals surface area contributed by atoms with Crippen molar-refractivity contribution in [3.63, 3.8) is 0 Å². The Kier molecular flexibility index (Phi) is 8.93. The molecule has 28 heavy (non-hydrogen) atoms. The third-order valence-corrected chi connectivity index (χ3v) is 3.64. The van der Waals surface area contributed by atoms with Crippen LogP contribution in [0.4, 0.5) is 13.6 Å². The smallest absolute Gasteiger partial charge is 0.387 e. The van der Waals surface area contributed by atoms with Crippen LogP contribution in [0, 0.1) is 0 Å². The number of alkyl halides is 2. The van der Waals surface area contributed by atoms with E-state index in [0.29, 0.717) is 38.6 Å². The Bertz CT molecular complexity index is 712. The summed E-state index contributed by atoms with van der Waals surface area (Å²) in [4.78, 5) is 16.0. The Morgan fingerprint density at radius 1 is 1.07 bits per heavy atom. The minimum atomic E-state index is -2.84. The SMILES string of the molecule is COCCOc1ccc(CNC(=O)NCCc2ccc(OC(F)F)cc2)cn1. The van der Waals surface area contributed by atoms with Crippen molar-refractivity contribution in [3.05, 3.63) is 53.7 Å². The normalized spacial score (nSPS) is 10.6. The van der Waals surface area contributed by atoms with Gasteiger partial charge in [0, 0.05) is 32.5 Å². The first kappa shape index (κ1) is 21.4. The monoisotopic (exact) mass is 395 g/mol. The van der Waals surface area contributed by atoms with E-state index in [-0.39, 0.29) is 11.8 Å². The second kappa shape index (κ2) is 11.7. The minimum Gasteiger partial charge on any atom is -0.475 e. The van der Waals surface area contributed by atoms with Crippen molar-refractivity contribution in [2.75, 3.05) is 26.9 Å². The summed E-state index contributed by atoms with van der Waals surface area (Å²) >= 11 is 0. The number of pyridine rings is 1. The summed E-state index contributed by atoms with van der Waals surface area (Å²) in [7, 11) is 1.60. The lowest BCUT2D eigenvalue weighted by molar-refractivity contribution is -0.0498. The molecule has 2 rings (SSSR count). The maximum atomic E-state index is 12.1. The molecule has 7 nitrogen and oxygen atoms in total. The lowest BCUT2D eigenvalue weighted by atomic mass is 10.1. The molecule has 9 heteroatoms. The summed E-state index contributed by atoms with van der Waals surface area (Å²) in [5, 5.41) is 5.47. The molecule has 1 aromatic heterocycles. The molecule has 2 N–H and O–H groups in total. The number of ether oxygens (including phenoxy) is 3. The van der Waals surface area contributed by atoms with Gasteiger partial charge in [0.25, 0.3) is 0 Å². The Hall–Kier alpha value is -2.94. The molecule has 2 aromatic rings. The van der Waals surface area contributed by atoms with E-state index in [2.05, 4.69) is 20.4 Å². The summed E-state index contributed by atoms with van der Waals surface area (Å²) in [6, 6.07) is 9.54. The first-order valence-corrected chi connectivity index (χ1v) is 8.69. The lowest BCUT2D eigenvalue weighted by Gasteiger charge is -2.09.